The summed E-state index contributed by atoms with van der Waals surface area (Å²) in [6.45, 7) is 8.96. The summed E-state index contributed by atoms with van der Waals surface area (Å²) in [5.41, 5.74) is 2.05. The third-order valence-electron chi connectivity index (χ3n) is 7.78. The van der Waals surface area contributed by atoms with Crippen LogP contribution in [0.2, 0.25) is 0 Å². The predicted molar refractivity (Wildman–Crippen MR) is 152 cm³/mol. The fraction of sp³-hybridized carbons (Fsp3) is 0.576. The monoisotopic (exact) mass is 508 g/mol. The maximum absolute atomic E-state index is 12.9. The molecule has 0 radical (unpaired) electrons. The summed E-state index contributed by atoms with van der Waals surface area (Å²) in [5, 5.41) is 10.2. The molecule has 0 aliphatic heterocycles. The molecule has 0 bridgehead atoms. The number of benzene rings is 2. The second kappa shape index (κ2) is 16.3. The predicted octanol–water partition coefficient (Wildman–Crippen LogP) is 8.55. The van der Waals surface area contributed by atoms with Crippen LogP contribution in [-0.4, -0.2) is 23.7 Å². The normalized spacial score (nSPS) is 15.4. The number of hydrogen-bond acceptors (Lipinski definition) is 3. The lowest BCUT2D eigenvalue weighted by Gasteiger charge is -2.36. The van der Waals surface area contributed by atoms with Gasteiger partial charge in [0, 0.05) is 0 Å². The van der Waals surface area contributed by atoms with E-state index in [1.54, 1.807) is 0 Å². The van der Waals surface area contributed by atoms with Crippen molar-refractivity contribution in [2.24, 2.45) is 11.8 Å². The molecule has 1 N–H and O–H groups in total. The quantitative estimate of drug-likeness (QED) is 0.162. The van der Waals surface area contributed by atoms with E-state index in [1.165, 1.54) is 31.2 Å². The second-order valence-electron chi connectivity index (χ2n) is 11.0. The van der Waals surface area contributed by atoms with E-state index in [9.17, 15) is 14.7 Å². The number of carboxylic acids is 1. The maximum Gasteiger partial charge on any atom is 0.308 e. The van der Waals surface area contributed by atoms with E-state index in [1.807, 2.05) is 31.2 Å². The molecule has 0 amide bonds. The molecule has 0 saturated carbocycles. The number of aliphatic carboxylic acids is 1. The van der Waals surface area contributed by atoms with Crippen LogP contribution in [0.3, 0.4) is 0 Å². The third-order valence-corrected chi connectivity index (χ3v) is 7.78. The van der Waals surface area contributed by atoms with Gasteiger partial charge in [-0.1, -0.05) is 120 Å². The number of carbonyl (C=O) groups is 2. The van der Waals surface area contributed by atoms with E-state index in [0.29, 0.717) is 25.9 Å². The van der Waals surface area contributed by atoms with Crippen LogP contribution in [0, 0.1) is 11.8 Å². The topological polar surface area (TPSA) is 63.6 Å². The molecule has 4 heteroatoms. The Morgan fingerprint density at radius 2 is 1.43 bits per heavy atom. The summed E-state index contributed by atoms with van der Waals surface area (Å²) in [7, 11) is 0. The van der Waals surface area contributed by atoms with Gasteiger partial charge < -0.3 is 9.84 Å². The number of carboxylic acid groups (broad SMARTS) is 1. The molecule has 0 heterocycles. The highest BCUT2D eigenvalue weighted by atomic mass is 16.5. The SMILES string of the molecule is CCCCCCCCOC(=O)C(CC)CC(CC(C)(CC(C)c1ccccc1)c1ccccc1)C(=O)O. The maximum atomic E-state index is 12.9. The number of rotatable bonds is 18. The zero-order valence-electron chi connectivity index (χ0n) is 23.5. The Balaban J connectivity index is 2.09. The molecule has 0 saturated heterocycles. The molecule has 2 rings (SSSR count). The Kier molecular flexibility index (Phi) is 13.5. The van der Waals surface area contributed by atoms with Gasteiger partial charge in [-0.15, -0.1) is 0 Å². The van der Waals surface area contributed by atoms with Gasteiger partial charge in [-0.2, -0.15) is 0 Å². The van der Waals surface area contributed by atoms with Crippen molar-refractivity contribution in [3.8, 4) is 0 Å². The molecule has 2 aromatic carbocycles. The van der Waals surface area contributed by atoms with E-state index in [2.05, 4.69) is 57.2 Å². The van der Waals surface area contributed by atoms with Gasteiger partial charge in [0.25, 0.3) is 0 Å². The highest BCUT2D eigenvalue weighted by Gasteiger charge is 2.37. The molecule has 2 aromatic rings. The van der Waals surface area contributed by atoms with Crippen molar-refractivity contribution in [2.75, 3.05) is 6.61 Å². The van der Waals surface area contributed by atoms with Gasteiger partial charge in [0.2, 0.25) is 0 Å². The van der Waals surface area contributed by atoms with Crippen LogP contribution in [0.5, 0.6) is 0 Å². The first kappa shape index (κ1) is 30.6. The fourth-order valence-corrected chi connectivity index (χ4v) is 5.50. The standard InChI is InChI=1S/C33H48O4/c1-5-7-8-9-10-17-22-37-32(36)27(6-2)23-29(31(34)35)25-33(4,30-20-15-12-16-21-30)24-26(3)28-18-13-11-14-19-28/h11-16,18-21,26-27,29H,5-10,17,22-25H2,1-4H3,(H,34,35). The molecular weight excluding hydrogens is 460 g/mol. The molecule has 0 fully saturated rings. The van der Waals surface area contributed by atoms with Crippen molar-refractivity contribution in [1.29, 1.82) is 0 Å². The summed E-state index contributed by atoms with van der Waals surface area (Å²) < 4.78 is 5.59. The number of hydrogen-bond donors (Lipinski definition) is 1. The lowest BCUT2D eigenvalue weighted by atomic mass is 9.68. The lowest BCUT2D eigenvalue weighted by molar-refractivity contribution is -0.151. The van der Waals surface area contributed by atoms with Crippen molar-refractivity contribution in [2.45, 2.75) is 103 Å². The Labute approximate surface area is 224 Å². The number of esters is 1. The van der Waals surface area contributed by atoms with Gasteiger partial charge in [-0.05, 0) is 54.6 Å². The largest absolute Gasteiger partial charge is 0.481 e. The number of ether oxygens (including phenoxy) is 1. The lowest BCUT2D eigenvalue weighted by Crippen LogP contribution is -2.33. The van der Waals surface area contributed by atoms with Gasteiger partial charge in [0.05, 0.1) is 18.4 Å². The van der Waals surface area contributed by atoms with Crippen LogP contribution in [-0.2, 0) is 19.7 Å². The van der Waals surface area contributed by atoms with Crippen LogP contribution in [0.15, 0.2) is 60.7 Å². The van der Waals surface area contributed by atoms with Crippen molar-refractivity contribution in [1.82, 2.24) is 0 Å². The highest BCUT2D eigenvalue weighted by Crippen LogP contribution is 2.41. The van der Waals surface area contributed by atoms with Gasteiger partial charge in [0.15, 0.2) is 0 Å². The van der Waals surface area contributed by atoms with E-state index < -0.39 is 17.8 Å². The van der Waals surface area contributed by atoms with Crippen LogP contribution in [0.1, 0.15) is 109 Å². The van der Waals surface area contributed by atoms with E-state index in [0.717, 1.165) is 24.8 Å². The molecule has 4 nitrogen and oxygen atoms in total. The summed E-state index contributed by atoms with van der Waals surface area (Å²) in [6.07, 6.45) is 9.00. The van der Waals surface area contributed by atoms with Crippen LogP contribution >= 0.6 is 0 Å². The molecule has 0 aromatic heterocycles. The zero-order valence-corrected chi connectivity index (χ0v) is 23.5. The van der Waals surface area contributed by atoms with Crippen LogP contribution in [0.4, 0.5) is 0 Å². The van der Waals surface area contributed by atoms with E-state index in [-0.39, 0.29) is 17.3 Å². The molecule has 0 spiro atoms. The Hall–Kier alpha value is -2.62. The molecular formula is C33H48O4. The smallest absolute Gasteiger partial charge is 0.308 e. The molecule has 4 unspecified atom stereocenters. The van der Waals surface area contributed by atoms with Gasteiger partial charge in [-0.3, -0.25) is 9.59 Å². The second-order valence-corrected chi connectivity index (χ2v) is 11.0. The van der Waals surface area contributed by atoms with Crippen LogP contribution in [0.25, 0.3) is 0 Å². The minimum Gasteiger partial charge on any atom is -0.481 e. The summed E-state index contributed by atoms with van der Waals surface area (Å²) >= 11 is 0. The zero-order chi connectivity index (χ0) is 27.1. The Morgan fingerprint density at radius 1 is 0.838 bits per heavy atom. The van der Waals surface area contributed by atoms with Crippen molar-refractivity contribution < 1.29 is 19.4 Å². The average molecular weight is 509 g/mol. The van der Waals surface area contributed by atoms with Crippen molar-refractivity contribution in [3.63, 3.8) is 0 Å². The fourth-order valence-electron chi connectivity index (χ4n) is 5.50. The van der Waals surface area contributed by atoms with Crippen molar-refractivity contribution >= 4 is 11.9 Å². The Morgan fingerprint density at radius 3 is 2.03 bits per heavy atom. The van der Waals surface area contributed by atoms with E-state index >= 15 is 0 Å². The van der Waals surface area contributed by atoms with Gasteiger partial charge in [0.1, 0.15) is 0 Å². The molecule has 37 heavy (non-hydrogen) atoms. The number of unbranched alkanes of at least 4 members (excludes halogenated alkanes) is 5. The van der Waals surface area contributed by atoms with Crippen LogP contribution < -0.4 is 0 Å². The summed E-state index contributed by atoms with van der Waals surface area (Å²) in [4.78, 5) is 25.3. The average Bonchev–Trinajstić information content (AvgIpc) is 2.91. The molecule has 4 atom stereocenters. The van der Waals surface area contributed by atoms with E-state index in [4.69, 9.17) is 4.74 Å². The first-order chi connectivity index (χ1) is 17.8. The molecule has 204 valence electrons. The molecule has 0 aliphatic rings. The Bertz CT molecular complexity index is 910. The van der Waals surface area contributed by atoms with Crippen molar-refractivity contribution in [3.05, 3.63) is 71.8 Å². The summed E-state index contributed by atoms with van der Waals surface area (Å²) in [5.74, 6) is -1.84. The minimum absolute atomic E-state index is 0.249. The first-order valence-corrected chi connectivity index (χ1v) is 14.3. The minimum atomic E-state index is -0.836. The first-order valence-electron chi connectivity index (χ1n) is 14.3. The summed E-state index contributed by atoms with van der Waals surface area (Å²) in [6, 6.07) is 20.6. The van der Waals surface area contributed by atoms with Gasteiger partial charge in [-0.25, -0.2) is 0 Å². The molecule has 0 aliphatic carbocycles. The number of carbonyl (C=O) groups excluding carboxylic acids is 1. The van der Waals surface area contributed by atoms with Gasteiger partial charge >= 0.3 is 11.9 Å². The third kappa shape index (κ3) is 10.3. The highest BCUT2D eigenvalue weighted by molar-refractivity contribution is 5.75.